The Kier molecular flexibility index (Phi) is 11.2. The second kappa shape index (κ2) is 10.2. The Bertz CT molecular complexity index is 286. The SMILES string of the molecule is O=C(COP(=O)(O)O)C(O)C(O)CO.O=CCO. The molecule has 0 radical (unpaired) electrons. The summed E-state index contributed by atoms with van der Waals surface area (Å²) in [6, 6.07) is 0. The average Bonchev–Trinajstić information content (AvgIpc) is 2.33. The van der Waals surface area contributed by atoms with Gasteiger partial charge in [0.25, 0.3) is 0 Å². The molecule has 0 saturated carbocycles. The van der Waals surface area contributed by atoms with E-state index < -0.39 is 39.0 Å². The van der Waals surface area contributed by atoms with E-state index in [-0.39, 0.29) is 6.61 Å². The van der Waals surface area contributed by atoms with Gasteiger partial charge < -0.3 is 35.0 Å². The molecular weight excluding hydrogens is 275 g/mol. The van der Waals surface area contributed by atoms with Crippen molar-refractivity contribution in [3.05, 3.63) is 0 Å². The van der Waals surface area contributed by atoms with Crippen LogP contribution >= 0.6 is 7.82 Å². The molecule has 2 atom stereocenters. The molecule has 0 saturated heterocycles. The van der Waals surface area contributed by atoms with Crippen molar-refractivity contribution in [3.63, 3.8) is 0 Å². The summed E-state index contributed by atoms with van der Waals surface area (Å²) >= 11 is 0. The van der Waals surface area contributed by atoms with E-state index in [1.165, 1.54) is 0 Å². The highest BCUT2D eigenvalue weighted by Gasteiger charge is 2.26. The molecule has 0 bridgehead atoms. The third kappa shape index (κ3) is 11.8. The molecule has 18 heavy (non-hydrogen) atoms. The minimum atomic E-state index is -4.77. The van der Waals surface area contributed by atoms with Crippen LogP contribution in [0.5, 0.6) is 0 Å². The summed E-state index contributed by atoms with van der Waals surface area (Å²) in [6.07, 6.45) is -3.19. The largest absolute Gasteiger partial charge is 0.470 e. The zero-order valence-corrected chi connectivity index (χ0v) is 10.0. The zero-order valence-electron chi connectivity index (χ0n) is 9.12. The Hall–Kier alpha value is -0.710. The van der Waals surface area contributed by atoms with Gasteiger partial charge in [0.2, 0.25) is 0 Å². The standard InChI is InChI=1S/C5H11O8P.C2H4O2/c6-1-3(7)5(9)4(8)2-13-14(10,11)12;3-1-2-4/h3,5-7,9H,1-2H2,(H2,10,11,12);1,4H,2H2. The Morgan fingerprint density at radius 3 is 2.00 bits per heavy atom. The fourth-order valence-corrected chi connectivity index (χ4v) is 0.843. The number of aliphatic hydroxyl groups is 4. The number of aldehydes is 1. The number of phosphoric ester groups is 1. The first-order chi connectivity index (χ1) is 8.19. The van der Waals surface area contributed by atoms with Gasteiger partial charge in [-0.05, 0) is 0 Å². The van der Waals surface area contributed by atoms with E-state index in [4.69, 9.17) is 35.0 Å². The molecule has 0 aliphatic rings. The van der Waals surface area contributed by atoms with Crippen molar-refractivity contribution in [2.75, 3.05) is 19.8 Å². The predicted octanol–water partition coefficient (Wildman–Crippen LogP) is -3.44. The van der Waals surface area contributed by atoms with Gasteiger partial charge in [0.05, 0.1) is 13.2 Å². The molecule has 0 aliphatic heterocycles. The van der Waals surface area contributed by atoms with E-state index >= 15 is 0 Å². The third-order valence-electron chi connectivity index (χ3n) is 1.33. The molecule has 0 fully saturated rings. The molecule has 0 heterocycles. The Labute approximate surface area is 102 Å². The molecule has 0 aromatic carbocycles. The summed E-state index contributed by atoms with van der Waals surface area (Å²) in [7, 11) is -4.77. The molecule has 0 aromatic rings. The molecule has 11 heteroatoms. The van der Waals surface area contributed by atoms with Crippen molar-refractivity contribution in [2.24, 2.45) is 0 Å². The van der Waals surface area contributed by atoms with Gasteiger partial charge in [-0.25, -0.2) is 4.57 Å². The monoisotopic (exact) mass is 290 g/mol. The van der Waals surface area contributed by atoms with Crippen LogP contribution in [0.15, 0.2) is 0 Å². The number of rotatable bonds is 7. The fraction of sp³-hybridized carbons (Fsp3) is 0.714. The number of hydrogen-bond donors (Lipinski definition) is 6. The maximum atomic E-state index is 10.8. The minimum Gasteiger partial charge on any atom is -0.394 e. The zero-order chi connectivity index (χ0) is 14.8. The van der Waals surface area contributed by atoms with Crippen LogP contribution in [0.2, 0.25) is 0 Å². The first kappa shape index (κ1) is 19.6. The smallest absolute Gasteiger partial charge is 0.394 e. The summed E-state index contributed by atoms with van der Waals surface area (Å²) in [5.74, 6) is -1.13. The van der Waals surface area contributed by atoms with Crippen molar-refractivity contribution in [1.82, 2.24) is 0 Å². The lowest BCUT2D eigenvalue weighted by Gasteiger charge is -2.14. The number of hydrogen-bond acceptors (Lipinski definition) is 8. The highest BCUT2D eigenvalue weighted by Crippen LogP contribution is 2.35. The van der Waals surface area contributed by atoms with Gasteiger partial charge in [0, 0.05) is 0 Å². The number of phosphoric acid groups is 1. The van der Waals surface area contributed by atoms with Crippen LogP contribution in [0, 0.1) is 0 Å². The summed E-state index contributed by atoms with van der Waals surface area (Å²) in [6.45, 7) is -2.24. The molecular formula is C7H15O10P. The maximum Gasteiger partial charge on any atom is 0.470 e. The summed E-state index contributed by atoms with van der Waals surface area (Å²) < 4.78 is 13.9. The Morgan fingerprint density at radius 1 is 1.28 bits per heavy atom. The second-order valence-corrected chi connectivity index (χ2v) is 4.01. The number of carbonyl (C=O) groups is 2. The van der Waals surface area contributed by atoms with Crippen molar-refractivity contribution in [1.29, 1.82) is 0 Å². The van der Waals surface area contributed by atoms with Crippen LogP contribution in [0.4, 0.5) is 0 Å². The van der Waals surface area contributed by atoms with E-state index in [9.17, 15) is 9.36 Å². The average molecular weight is 290 g/mol. The number of aliphatic hydroxyl groups excluding tert-OH is 4. The van der Waals surface area contributed by atoms with Crippen LogP contribution in [0.25, 0.3) is 0 Å². The lowest BCUT2D eigenvalue weighted by Crippen LogP contribution is -2.38. The molecule has 6 N–H and O–H groups in total. The van der Waals surface area contributed by atoms with E-state index in [1.54, 1.807) is 0 Å². The molecule has 2 unspecified atom stereocenters. The Balaban J connectivity index is 0. The summed E-state index contributed by atoms with van der Waals surface area (Å²) in [5.41, 5.74) is 0. The van der Waals surface area contributed by atoms with Gasteiger partial charge in [-0.1, -0.05) is 0 Å². The number of carbonyl (C=O) groups excluding carboxylic acids is 2. The lowest BCUT2D eigenvalue weighted by molar-refractivity contribution is -0.137. The quantitative estimate of drug-likeness (QED) is 0.204. The van der Waals surface area contributed by atoms with Crippen molar-refractivity contribution >= 4 is 19.9 Å². The van der Waals surface area contributed by atoms with Crippen molar-refractivity contribution < 1.29 is 48.9 Å². The van der Waals surface area contributed by atoms with E-state index in [1.807, 2.05) is 0 Å². The lowest BCUT2D eigenvalue weighted by atomic mass is 10.1. The van der Waals surface area contributed by atoms with Crippen LogP contribution in [-0.4, -0.2) is 74.3 Å². The van der Waals surface area contributed by atoms with Gasteiger partial charge in [0.1, 0.15) is 25.1 Å². The van der Waals surface area contributed by atoms with Crippen molar-refractivity contribution in [2.45, 2.75) is 12.2 Å². The Morgan fingerprint density at radius 2 is 1.72 bits per heavy atom. The minimum absolute atomic E-state index is 0.361. The molecule has 0 aliphatic carbocycles. The maximum absolute atomic E-state index is 10.8. The molecule has 0 spiro atoms. The molecule has 10 nitrogen and oxygen atoms in total. The fourth-order valence-electron chi connectivity index (χ4n) is 0.548. The van der Waals surface area contributed by atoms with Crippen LogP contribution in [-0.2, 0) is 18.7 Å². The number of ketones is 1. The van der Waals surface area contributed by atoms with Gasteiger partial charge in [-0.15, -0.1) is 0 Å². The topological polar surface area (TPSA) is 182 Å². The van der Waals surface area contributed by atoms with Crippen molar-refractivity contribution in [3.8, 4) is 0 Å². The summed E-state index contributed by atoms with van der Waals surface area (Å²) in [4.78, 5) is 36.1. The van der Waals surface area contributed by atoms with E-state index in [0.717, 1.165) is 0 Å². The summed E-state index contributed by atoms with van der Waals surface area (Å²) in [5, 5.41) is 33.5. The normalized spacial score (nSPS) is 14.1. The highest BCUT2D eigenvalue weighted by molar-refractivity contribution is 7.46. The van der Waals surface area contributed by atoms with Crippen LogP contribution in [0.1, 0.15) is 0 Å². The van der Waals surface area contributed by atoms with Crippen LogP contribution < -0.4 is 0 Å². The van der Waals surface area contributed by atoms with Crippen LogP contribution in [0.3, 0.4) is 0 Å². The van der Waals surface area contributed by atoms with Gasteiger partial charge in [-0.2, -0.15) is 0 Å². The molecule has 108 valence electrons. The third-order valence-corrected chi connectivity index (χ3v) is 1.80. The van der Waals surface area contributed by atoms with Gasteiger partial charge in [-0.3, -0.25) is 9.32 Å². The first-order valence-corrected chi connectivity index (χ1v) is 5.96. The molecule has 0 aromatic heterocycles. The molecule has 0 rings (SSSR count). The highest BCUT2D eigenvalue weighted by atomic mass is 31.2. The van der Waals surface area contributed by atoms with Gasteiger partial charge in [0.15, 0.2) is 5.78 Å². The van der Waals surface area contributed by atoms with Gasteiger partial charge >= 0.3 is 7.82 Å². The van der Waals surface area contributed by atoms with E-state index in [0.29, 0.717) is 6.29 Å². The second-order valence-electron chi connectivity index (χ2n) is 2.77. The molecule has 0 amide bonds. The number of Topliss-reactive ketones (excluding diaryl/α,β-unsaturated/α-hetero) is 1. The van der Waals surface area contributed by atoms with E-state index in [2.05, 4.69) is 4.52 Å². The predicted molar refractivity (Wildman–Crippen MR) is 55.3 cm³/mol. The first-order valence-electron chi connectivity index (χ1n) is 4.43.